The summed E-state index contributed by atoms with van der Waals surface area (Å²) in [6, 6.07) is 4.00. The van der Waals surface area contributed by atoms with Crippen LogP contribution in [0.5, 0.6) is 5.75 Å². The molecule has 0 heterocycles. The van der Waals surface area contributed by atoms with E-state index in [2.05, 4.69) is 11.4 Å². The van der Waals surface area contributed by atoms with Crippen LogP contribution in [0.15, 0.2) is 12.1 Å². The van der Waals surface area contributed by atoms with Crippen molar-refractivity contribution in [3.8, 4) is 5.75 Å². The average Bonchev–Trinajstić information content (AvgIpc) is 2.16. The number of aliphatic hydroxyl groups is 1. The number of benzene rings is 1. The second-order valence-electron chi connectivity index (χ2n) is 3.77. The van der Waals surface area contributed by atoms with E-state index < -0.39 is 6.10 Å². The molecule has 1 unspecified atom stereocenters. The molecule has 3 heteroatoms. The molecule has 1 aromatic carbocycles. The van der Waals surface area contributed by atoms with Crippen LogP contribution in [0.25, 0.3) is 0 Å². The second-order valence-corrected chi connectivity index (χ2v) is 3.77. The third kappa shape index (κ3) is 2.70. The summed E-state index contributed by atoms with van der Waals surface area (Å²) >= 11 is 0. The number of aliphatic hydroxyl groups excluding tert-OH is 1. The van der Waals surface area contributed by atoms with Crippen LogP contribution >= 0.6 is 0 Å². The Balaban J connectivity index is 3.14. The molecule has 15 heavy (non-hydrogen) atoms. The molecule has 0 amide bonds. The first-order valence-electron chi connectivity index (χ1n) is 5.08. The highest BCUT2D eigenvalue weighted by Gasteiger charge is 2.15. The minimum absolute atomic E-state index is 0.523. The van der Waals surface area contributed by atoms with Gasteiger partial charge >= 0.3 is 0 Å². The first kappa shape index (κ1) is 12.0. The van der Waals surface area contributed by atoms with Gasteiger partial charge in [0.05, 0.1) is 13.2 Å². The van der Waals surface area contributed by atoms with Crippen LogP contribution in [0.4, 0.5) is 0 Å². The Bertz CT molecular complexity index is 337. The van der Waals surface area contributed by atoms with Crippen molar-refractivity contribution in [3.63, 3.8) is 0 Å². The van der Waals surface area contributed by atoms with E-state index in [4.69, 9.17) is 4.74 Å². The maximum atomic E-state index is 9.96. The Morgan fingerprint density at radius 2 is 2.07 bits per heavy atom. The maximum absolute atomic E-state index is 9.96. The van der Waals surface area contributed by atoms with Crippen LogP contribution in [-0.4, -0.2) is 25.8 Å². The summed E-state index contributed by atoms with van der Waals surface area (Å²) in [4.78, 5) is 0. The van der Waals surface area contributed by atoms with Crippen molar-refractivity contribution in [2.45, 2.75) is 20.0 Å². The molecule has 0 radical (unpaired) electrons. The van der Waals surface area contributed by atoms with E-state index in [1.54, 1.807) is 7.11 Å². The number of likely N-dealkylation sites (N-methyl/N-ethyl adjacent to an activating group) is 1. The highest BCUT2D eigenvalue weighted by molar-refractivity contribution is 5.44. The van der Waals surface area contributed by atoms with Gasteiger partial charge in [0.1, 0.15) is 5.75 Å². The molecule has 0 fully saturated rings. The van der Waals surface area contributed by atoms with Gasteiger partial charge in [0.15, 0.2) is 0 Å². The zero-order valence-electron chi connectivity index (χ0n) is 9.79. The SMILES string of the molecule is CNCC(O)c1c(C)cc(C)cc1OC. The Kier molecular flexibility index (Phi) is 4.12. The fraction of sp³-hybridized carbons (Fsp3) is 0.500. The normalized spacial score (nSPS) is 12.6. The summed E-state index contributed by atoms with van der Waals surface area (Å²) in [6.45, 7) is 4.54. The molecule has 0 bridgehead atoms. The molecule has 0 aliphatic rings. The monoisotopic (exact) mass is 209 g/mol. The van der Waals surface area contributed by atoms with Crippen LogP contribution < -0.4 is 10.1 Å². The third-order valence-corrected chi connectivity index (χ3v) is 2.44. The summed E-state index contributed by atoms with van der Waals surface area (Å²) in [5, 5.41) is 12.9. The van der Waals surface area contributed by atoms with Gasteiger partial charge in [0.25, 0.3) is 0 Å². The van der Waals surface area contributed by atoms with Crippen molar-refractivity contribution in [1.29, 1.82) is 0 Å². The first-order valence-corrected chi connectivity index (χ1v) is 5.08. The number of ether oxygens (including phenoxy) is 1. The van der Waals surface area contributed by atoms with Gasteiger partial charge in [0, 0.05) is 12.1 Å². The van der Waals surface area contributed by atoms with Gasteiger partial charge in [-0.3, -0.25) is 0 Å². The van der Waals surface area contributed by atoms with E-state index in [-0.39, 0.29) is 0 Å². The van der Waals surface area contributed by atoms with E-state index in [9.17, 15) is 5.11 Å². The van der Waals surface area contributed by atoms with Crippen molar-refractivity contribution in [2.75, 3.05) is 20.7 Å². The Hall–Kier alpha value is -1.06. The maximum Gasteiger partial charge on any atom is 0.125 e. The molecule has 2 N–H and O–H groups in total. The molecule has 1 rings (SSSR count). The van der Waals surface area contributed by atoms with Crippen molar-refractivity contribution < 1.29 is 9.84 Å². The lowest BCUT2D eigenvalue weighted by Crippen LogP contribution is -2.18. The molecular weight excluding hydrogens is 190 g/mol. The predicted molar refractivity (Wildman–Crippen MR) is 61.4 cm³/mol. The van der Waals surface area contributed by atoms with Gasteiger partial charge in [-0.05, 0) is 38.1 Å². The van der Waals surface area contributed by atoms with E-state index >= 15 is 0 Å². The molecule has 84 valence electrons. The summed E-state index contributed by atoms with van der Waals surface area (Å²) in [5.74, 6) is 0.759. The lowest BCUT2D eigenvalue weighted by atomic mass is 9.99. The van der Waals surface area contributed by atoms with Crippen molar-refractivity contribution in [2.24, 2.45) is 0 Å². The van der Waals surface area contributed by atoms with Gasteiger partial charge < -0.3 is 15.2 Å². The molecular formula is C12H19NO2. The molecule has 3 nitrogen and oxygen atoms in total. The number of rotatable bonds is 4. The Morgan fingerprint density at radius 3 is 2.60 bits per heavy atom. The molecule has 0 spiro atoms. The first-order chi connectivity index (χ1) is 7.10. The quantitative estimate of drug-likeness (QED) is 0.790. The topological polar surface area (TPSA) is 41.5 Å². The van der Waals surface area contributed by atoms with E-state index in [1.165, 1.54) is 0 Å². The molecule has 0 saturated carbocycles. The second kappa shape index (κ2) is 5.14. The van der Waals surface area contributed by atoms with Gasteiger partial charge in [-0.15, -0.1) is 0 Å². The Morgan fingerprint density at radius 1 is 1.40 bits per heavy atom. The predicted octanol–water partition coefficient (Wildman–Crippen LogP) is 1.56. The van der Waals surface area contributed by atoms with Crippen molar-refractivity contribution >= 4 is 0 Å². The molecule has 0 aromatic heterocycles. The van der Waals surface area contributed by atoms with E-state index in [0.717, 1.165) is 22.4 Å². The summed E-state index contributed by atoms with van der Waals surface area (Å²) in [5.41, 5.74) is 3.08. The smallest absolute Gasteiger partial charge is 0.125 e. The third-order valence-electron chi connectivity index (χ3n) is 2.44. The minimum Gasteiger partial charge on any atom is -0.496 e. The van der Waals surface area contributed by atoms with Gasteiger partial charge in [0.2, 0.25) is 0 Å². The number of hydrogen-bond acceptors (Lipinski definition) is 3. The van der Waals surface area contributed by atoms with Gasteiger partial charge in [-0.2, -0.15) is 0 Å². The molecule has 0 aliphatic carbocycles. The minimum atomic E-state index is -0.523. The van der Waals surface area contributed by atoms with E-state index in [1.807, 2.05) is 27.0 Å². The lowest BCUT2D eigenvalue weighted by molar-refractivity contribution is 0.172. The van der Waals surface area contributed by atoms with Crippen LogP contribution in [0, 0.1) is 13.8 Å². The molecule has 1 aromatic rings. The van der Waals surface area contributed by atoms with E-state index in [0.29, 0.717) is 6.54 Å². The molecule has 1 atom stereocenters. The van der Waals surface area contributed by atoms with Gasteiger partial charge in [-0.1, -0.05) is 6.07 Å². The van der Waals surface area contributed by atoms with Crippen LogP contribution in [0.3, 0.4) is 0 Å². The summed E-state index contributed by atoms with van der Waals surface area (Å²) in [6.07, 6.45) is -0.523. The van der Waals surface area contributed by atoms with Crippen LogP contribution in [0.1, 0.15) is 22.8 Å². The Labute approximate surface area is 91.1 Å². The highest BCUT2D eigenvalue weighted by Crippen LogP contribution is 2.29. The summed E-state index contributed by atoms with van der Waals surface area (Å²) < 4.78 is 5.29. The number of methoxy groups -OCH3 is 1. The van der Waals surface area contributed by atoms with Crippen molar-refractivity contribution in [3.05, 3.63) is 28.8 Å². The zero-order chi connectivity index (χ0) is 11.4. The average molecular weight is 209 g/mol. The van der Waals surface area contributed by atoms with Gasteiger partial charge in [-0.25, -0.2) is 0 Å². The fourth-order valence-electron chi connectivity index (χ4n) is 1.83. The largest absolute Gasteiger partial charge is 0.496 e. The number of aryl methyl sites for hydroxylation is 2. The van der Waals surface area contributed by atoms with Crippen LogP contribution in [0.2, 0.25) is 0 Å². The van der Waals surface area contributed by atoms with Crippen molar-refractivity contribution in [1.82, 2.24) is 5.32 Å². The highest BCUT2D eigenvalue weighted by atomic mass is 16.5. The lowest BCUT2D eigenvalue weighted by Gasteiger charge is -2.17. The molecule has 0 aliphatic heterocycles. The number of nitrogens with one attached hydrogen (secondary N) is 1. The number of hydrogen-bond donors (Lipinski definition) is 2. The zero-order valence-corrected chi connectivity index (χ0v) is 9.79. The standard InChI is InChI=1S/C12H19NO2/c1-8-5-9(2)12(10(14)7-13-3)11(6-8)15-4/h5-6,10,13-14H,7H2,1-4H3. The fourth-order valence-corrected chi connectivity index (χ4v) is 1.83. The van der Waals surface area contributed by atoms with Crippen LogP contribution in [-0.2, 0) is 0 Å². The summed E-state index contributed by atoms with van der Waals surface area (Å²) in [7, 11) is 3.45. The molecule has 0 saturated heterocycles.